The van der Waals surface area contributed by atoms with E-state index in [1.807, 2.05) is 0 Å². The number of hydrogen-bond donors (Lipinski definition) is 2. The van der Waals surface area contributed by atoms with E-state index in [0.29, 0.717) is 17.0 Å². The van der Waals surface area contributed by atoms with Gasteiger partial charge in [0.1, 0.15) is 6.04 Å². The van der Waals surface area contributed by atoms with Gasteiger partial charge in [0.25, 0.3) is 10.0 Å². The number of hydrogen-bond acceptors (Lipinski definition) is 5. The van der Waals surface area contributed by atoms with E-state index in [0.717, 1.165) is 10.3 Å². The van der Waals surface area contributed by atoms with Gasteiger partial charge in [-0.1, -0.05) is 0 Å². The fraction of sp³-hybridized carbons (Fsp3) is 0.500. The SMILES string of the molecule is Cc1nn(S(C)(=O)=O)c2c1C(C(=O)O)NC2. The number of rotatable bonds is 2. The molecule has 1 aliphatic heterocycles. The van der Waals surface area contributed by atoms with Gasteiger partial charge in [-0.05, 0) is 6.92 Å². The first-order valence-corrected chi connectivity index (χ1v) is 6.42. The Balaban J connectivity index is 2.63. The Bertz CT molecular complexity index is 560. The van der Waals surface area contributed by atoms with Crippen LogP contribution in [0.15, 0.2) is 0 Å². The summed E-state index contributed by atoms with van der Waals surface area (Å²) < 4.78 is 23.7. The van der Waals surface area contributed by atoms with Gasteiger partial charge in [-0.2, -0.15) is 9.19 Å². The van der Waals surface area contributed by atoms with Crippen molar-refractivity contribution < 1.29 is 18.3 Å². The summed E-state index contributed by atoms with van der Waals surface area (Å²) >= 11 is 0. The predicted molar refractivity (Wildman–Crippen MR) is 54.4 cm³/mol. The first-order chi connectivity index (χ1) is 7.32. The summed E-state index contributed by atoms with van der Waals surface area (Å²) in [5.74, 6) is -1.03. The van der Waals surface area contributed by atoms with Crippen LogP contribution >= 0.6 is 0 Å². The van der Waals surface area contributed by atoms with Crippen LogP contribution in [0.2, 0.25) is 0 Å². The number of aromatic nitrogens is 2. The monoisotopic (exact) mass is 245 g/mol. The van der Waals surface area contributed by atoms with Crippen LogP contribution < -0.4 is 5.32 Å². The van der Waals surface area contributed by atoms with E-state index in [4.69, 9.17) is 5.11 Å². The minimum atomic E-state index is -3.48. The third-order valence-corrected chi connectivity index (χ3v) is 3.43. The molecule has 16 heavy (non-hydrogen) atoms. The summed E-state index contributed by atoms with van der Waals surface area (Å²) in [4.78, 5) is 10.9. The second kappa shape index (κ2) is 3.29. The quantitative estimate of drug-likeness (QED) is 0.709. The zero-order valence-corrected chi connectivity index (χ0v) is 9.58. The van der Waals surface area contributed by atoms with Crippen LogP contribution in [0.4, 0.5) is 0 Å². The molecule has 7 nitrogen and oxygen atoms in total. The molecule has 1 atom stereocenters. The summed E-state index contributed by atoms with van der Waals surface area (Å²) in [5.41, 5.74) is 1.29. The molecule has 1 aromatic rings. The van der Waals surface area contributed by atoms with Crippen LogP contribution in [-0.2, 0) is 21.4 Å². The Kier molecular flexibility index (Phi) is 2.28. The minimum Gasteiger partial charge on any atom is -0.480 e. The van der Waals surface area contributed by atoms with Gasteiger partial charge in [0, 0.05) is 12.1 Å². The van der Waals surface area contributed by atoms with Gasteiger partial charge in [0.2, 0.25) is 0 Å². The second-order valence-electron chi connectivity index (χ2n) is 3.70. The molecule has 0 spiro atoms. The normalized spacial score (nSPS) is 19.8. The van der Waals surface area contributed by atoms with Gasteiger partial charge in [-0.25, -0.2) is 8.42 Å². The van der Waals surface area contributed by atoms with Crippen molar-refractivity contribution in [2.75, 3.05) is 6.26 Å². The molecule has 88 valence electrons. The zero-order chi connectivity index (χ0) is 12.1. The van der Waals surface area contributed by atoms with Crippen molar-refractivity contribution in [2.24, 2.45) is 0 Å². The van der Waals surface area contributed by atoms with Crippen molar-refractivity contribution in [2.45, 2.75) is 19.5 Å². The molecule has 0 radical (unpaired) electrons. The molecule has 0 aliphatic carbocycles. The van der Waals surface area contributed by atoms with Gasteiger partial charge in [0.15, 0.2) is 0 Å². The van der Waals surface area contributed by atoms with Crippen LogP contribution in [0.3, 0.4) is 0 Å². The van der Waals surface area contributed by atoms with Gasteiger partial charge < -0.3 is 5.11 Å². The summed E-state index contributed by atoms with van der Waals surface area (Å²) in [7, 11) is -3.48. The van der Waals surface area contributed by atoms with Gasteiger partial charge in [0.05, 0.1) is 17.6 Å². The first-order valence-electron chi connectivity index (χ1n) is 4.57. The topological polar surface area (TPSA) is 101 Å². The fourth-order valence-corrected chi connectivity index (χ4v) is 2.72. The number of carboxylic acids is 1. The first kappa shape index (κ1) is 11.1. The van der Waals surface area contributed by atoms with Crippen molar-refractivity contribution >= 4 is 16.0 Å². The van der Waals surface area contributed by atoms with Gasteiger partial charge in [-0.15, -0.1) is 0 Å². The molecule has 0 bridgehead atoms. The van der Waals surface area contributed by atoms with Crippen molar-refractivity contribution in [3.05, 3.63) is 17.0 Å². The molecular weight excluding hydrogens is 234 g/mol. The van der Waals surface area contributed by atoms with Gasteiger partial charge >= 0.3 is 5.97 Å². The molecule has 0 fully saturated rings. The largest absolute Gasteiger partial charge is 0.480 e. The Hall–Kier alpha value is -1.41. The third-order valence-electron chi connectivity index (χ3n) is 2.50. The number of aryl methyl sites for hydroxylation is 1. The lowest BCUT2D eigenvalue weighted by molar-refractivity contribution is -0.139. The van der Waals surface area contributed by atoms with E-state index >= 15 is 0 Å². The molecular formula is C8H11N3O4S. The smallest absolute Gasteiger partial charge is 0.325 e. The van der Waals surface area contributed by atoms with E-state index in [-0.39, 0.29) is 6.54 Å². The lowest BCUT2D eigenvalue weighted by Gasteiger charge is -2.04. The zero-order valence-electron chi connectivity index (χ0n) is 8.76. The summed E-state index contributed by atoms with van der Waals surface area (Å²) in [6.07, 6.45) is 1.04. The van der Waals surface area contributed by atoms with Crippen LogP contribution in [0, 0.1) is 6.92 Å². The molecule has 0 amide bonds. The van der Waals surface area contributed by atoms with Crippen molar-refractivity contribution in [1.82, 2.24) is 14.5 Å². The van der Waals surface area contributed by atoms with Crippen LogP contribution in [0.5, 0.6) is 0 Å². The number of carboxylic acid groups (broad SMARTS) is 1. The van der Waals surface area contributed by atoms with Gasteiger partial charge in [-0.3, -0.25) is 10.1 Å². The minimum absolute atomic E-state index is 0.195. The highest BCUT2D eigenvalue weighted by atomic mass is 32.2. The highest BCUT2D eigenvalue weighted by molar-refractivity contribution is 7.89. The Morgan fingerprint density at radius 3 is 2.75 bits per heavy atom. The molecule has 2 rings (SSSR count). The maximum absolute atomic E-state index is 11.4. The molecule has 2 heterocycles. The van der Waals surface area contributed by atoms with Crippen LogP contribution in [0.25, 0.3) is 0 Å². The Morgan fingerprint density at radius 1 is 1.62 bits per heavy atom. The molecule has 1 aromatic heterocycles. The number of aliphatic carboxylic acids is 1. The molecule has 8 heteroatoms. The second-order valence-corrected chi connectivity index (χ2v) is 5.52. The fourth-order valence-electron chi connectivity index (χ4n) is 1.89. The van der Waals surface area contributed by atoms with E-state index < -0.39 is 22.0 Å². The average Bonchev–Trinajstić information content (AvgIpc) is 2.65. The Labute approximate surface area is 92.1 Å². The molecule has 0 saturated heterocycles. The maximum Gasteiger partial charge on any atom is 0.325 e. The molecule has 1 aliphatic rings. The number of fused-ring (bicyclic) bond motifs is 1. The van der Waals surface area contributed by atoms with Crippen molar-refractivity contribution in [3.8, 4) is 0 Å². The maximum atomic E-state index is 11.4. The number of nitrogens with one attached hydrogen (secondary N) is 1. The van der Waals surface area contributed by atoms with E-state index in [1.54, 1.807) is 6.92 Å². The lowest BCUT2D eigenvalue weighted by atomic mass is 10.1. The van der Waals surface area contributed by atoms with Crippen molar-refractivity contribution in [1.29, 1.82) is 0 Å². The molecule has 2 N–H and O–H groups in total. The molecule has 0 saturated carbocycles. The summed E-state index contributed by atoms with van der Waals surface area (Å²) in [6, 6.07) is -0.870. The summed E-state index contributed by atoms with van der Waals surface area (Å²) in [5, 5.41) is 15.5. The van der Waals surface area contributed by atoms with E-state index in [9.17, 15) is 13.2 Å². The van der Waals surface area contributed by atoms with Crippen LogP contribution in [-0.4, -0.2) is 34.9 Å². The highest BCUT2D eigenvalue weighted by Crippen LogP contribution is 2.29. The Morgan fingerprint density at radius 2 is 2.25 bits per heavy atom. The highest BCUT2D eigenvalue weighted by Gasteiger charge is 2.35. The van der Waals surface area contributed by atoms with Crippen LogP contribution in [0.1, 0.15) is 23.0 Å². The summed E-state index contributed by atoms with van der Waals surface area (Å²) in [6.45, 7) is 1.80. The average molecular weight is 245 g/mol. The van der Waals surface area contributed by atoms with E-state index in [2.05, 4.69) is 10.4 Å². The molecule has 0 aromatic carbocycles. The predicted octanol–water partition coefficient (Wildman–Crippen LogP) is -0.772. The molecule has 1 unspecified atom stereocenters. The number of nitrogens with zero attached hydrogens (tertiary/aromatic N) is 2. The third kappa shape index (κ3) is 1.50. The van der Waals surface area contributed by atoms with Crippen molar-refractivity contribution in [3.63, 3.8) is 0 Å². The van der Waals surface area contributed by atoms with E-state index in [1.165, 1.54) is 0 Å². The standard InChI is InChI=1S/C8H11N3O4S/c1-4-6-5(3-9-7(6)8(12)13)11(10-4)16(2,14)15/h7,9H,3H2,1-2H3,(H,12,13). The lowest BCUT2D eigenvalue weighted by Crippen LogP contribution is -2.23. The number of carbonyl (C=O) groups is 1.